The van der Waals surface area contributed by atoms with Crippen molar-refractivity contribution in [2.75, 3.05) is 32.8 Å². The first-order chi connectivity index (χ1) is 19.5. The molecule has 1 saturated carbocycles. The fourth-order valence-corrected chi connectivity index (χ4v) is 6.37. The van der Waals surface area contributed by atoms with Crippen LogP contribution in [-0.2, 0) is 4.79 Å². The summed E-state index contributed by atoms with van der Waals surface area (Å²) in [6.45, 7) is 1.86. The summed E-state index contributed by atoms with van der Waals surface area (Å²) >= 11 is 0. The summed E-state index contributed by atoms with van der Waals surface area (Å²) in [6.07, 6.45) is -1.78. The van der Waals surface area contributed by atoms with E-state index in [0.29, 0.717) is 57.3 Å². The Balaban J connectivity index is 1.15. The number of carbonyl (C=O) groups is 1. The number of aliphatic hydroxyl groups excluding tert-OH is 1. The van der Waals surface area contributed by atoms with Crippen LogP contribution in [0.25, 0.3) is 11.1 Å². The molecule has 2 aromatic carbocycles. The van der Waals surface area contributed by atoms with Gasteiger partial charge in [0.1, 0.15) is 12.0 Å². The number of primary amides is 1. The van der Waals surface area contributed by atoms with Crippen LogP contribution in [0.5, 0.6) is 5.75 Å². The van der Waals surface area contributed by atoms with Gasteiger partial charge < -0.3 is 20.5 Å². The number of alkyl halides is 3. The third-order valence-corrected chi connectivity index (χ3v) is 9.09. The Morgan fingerprint density at radius 1 is 1.02 bits per heavy atom. The van der Waals surface area contributed by atoms with Gasteiger partial charge in [-0.25, -0.2) is 8.78 Å². The zero-order valence-corrected chi connectivity index (χ0v) is 22.8. The van der Waals surface area contributed by atoms with Crippen LogP contribution < -0.4 is 10.5 Å². The zero-order chi connectivity index (χ0) is 29.4. The highest BCUT2D eigenvalue weighted by molar-refractivity contribution is 5.80. The van der Waals surface area contributed by atoms with Crippen LogP contribution in [0.3, 0.4) is 0 Å². The minimum Gasteiger partial charge on any atom is -0.490 e. The molecule has 2 saturated heterocycles. The Hall–Kier alpha value is -2.76. The second-order valence-electron chi connectivity index (χ2n) is 11.7. The van der Waals surface area contributed by atoms with E-state index in [1.807, 2.05) is 4.90 Å². The summed E-state index contributed by atoms with van der Waals surface area (Å²) < 4.78 is 76.2. The number of carbonyl (C=O) groups excluding carboxylic acids is 1. The van der Waals surface area contributed by atoms with E-state index in [4.69, 9.17) is 10.5 Å². The van der Waals surface area contributed by atoms with Gasteiger partial charge in [-0.05, 0) is 86.9 Å². The number of nitrogens with two attached hydrogens (primary N) is 1. The lowest BCUT2D eigenvalue weighted by Gasteiger charge is -2.47. The summed E-state index contributed by atoms with van der Waals surface area (Å²) in [6, 6.07) is 7.73. The van der Waals surface area contributed by atoms with Crippen molar-refractivity contribution in [3.05, 3.63) is 53.6 Å². The van der Waals surface area contributed by atoms with Gasteiger partial charge in [0.05, 0.1) is 18.1 Å². The lowest BCUT2D eigenvalue weighted by atomic mass is 9.67. The highest BCUT2D eigenvalue weighted by Crippen LogP contribution is 2.53. The number of amides is 1. The quantitative estimate of drug-likeness (QED) is 0.388. The van der Waals surface area contributed by atoms with E-state index in [9.17, 15) is 27.5 Å². The smallest absolute Gasteiger partial charge is 0.395 e. The molecule has 2 atom stereocenters. The van der Waals surface area contributed by atoms with E-state index in [1.54, 1.807) is 11.0 Å². The van der Waals surface area contributed by atoms with Gasteiger partial charge in [0, 0.05) is 18.7 Å². The van der Waals surface area contributed by atoms with E-state index in [1.165, 1.54) is 30.3 Å². The van der Waals surface area contributed by atoms with Crippen LogP contribution in [0.4, 0.5) is 22.0 Å². The second kappa shape index (κ2) is 11.9. The predicted octanol–water partition coefficient (Wildman–Crippen LogP) is 5.40. The number of hydrogen-bond donors (Lipinski definition) is 2. The Kier molecular flexibility index (Phi) is 8.59. The number of aliphatic hydroxyl groups is 1. The summed E-state index contributed by atoms with van der Waals surface area (Å²) in [4.78, 5) is 15.1. The van der Waals surface area contributed by atoms with Crippen LogP contribution in [0.1, 0.15) is 56.7 Å². The zero-order valence-electron chi connectivity index (χ0n) is 22.8. The monoisotopic (exact) mass is 581 g/mol. The average Bonchev–Trinajstić information content (AvgIpc) is 3.40. The lowest BCUT2D eigenvalue weighted by Crippen LogP contribution is -2.53. The number of nitrogens with zero attached hydrogens (tertiary/aromatic N) is 2. The first-order valence-corrected chi connectivity index (χ1v) is 14.2. The van der Waals surface area contributed by atoms with Gasteiger partial charge in [0.15, 0.2) is 11.6 Å². The third-order valence-electron chi connectivity index (χ3n) is 9.09. The molecule has 2 aromatic rings. The SMILES string of the molecule is NC(=O)[C@@H]1CCCN1C(O)c1ccc(-c2ccc(OCC3CCN(CC4(C(F)(F)F)CCC4)CC3)c(F)c2)c(F)c1. The van der Waals surface area contributed by atoms with Gasteiger partial charge in [0.25, 0.3) is 0 Å². The lowest BCUT2D eigenvalue weighted by molar-refractivity contribution is -0.256. The first kappa shape index (κ1) is 29.7. The van der Waals surface area contributed by atoms with Gasteiger partial charge in [-0.1, -0.05) is 24.6 Å². The second-order valence-corrected chi connectivity index (χ2v) is 11.7. The van der Waals surface area contributed by atoms with Crippen molar-refractivity contribution < 1.29 is 36.6 Å². The molecule has 6 nitrogen and oxygen atoms in total. The van der Waals surface area contributed by atoms with Gasteiger partial charge >= 0.3 is 6.18 Å². The number of likely N-dealkylation sites (tertiary alicyclic amines) is 2. The molecule has 224 valence electrons. The van der Waals surface area contributed by atoms with Crippen LogP contribution in [0.15, 0.2) is 36.4 Å². The fourth-order valence-electron chi connectivity index (χ4n) is 6.37. The molecule has 1 unspecified atom stereocenters. The predicted molar refractivity (Wildman–Crippen MR) is 143 cm³/mol. The molecule has 0 aromatic heterocycles. The number of benzene rings is 2. The Morgan fingerprint density at radius 3 is 2.34 bits per heavy atom. The van der Waals surface area contributed by atoms with Gasteiger partial charge in [-0.15, -0.1) is 0 Å². The number of ether oxygens (including phenoxy) is 1. The molecule has 1 amide bonds. The van der Waals surface area contributed by atoms with E-state index < -0.39 is 41.4 Å². The third kappa shape index (κ3) is 6.22. The molecule has 3 aliphatic rings. The standard InChI is InChI=1S/C30H36F5N3O3/c31-23-16-21(28(40)38-12-1-3-25(38)27(36)39)4-6-22(23)20-5-7-26(24(32)15-20)41-17-19-8-13-37(14-9-19)18-29(10-2-11-29)30(33,34)35/h4-7,15-16,19,25,28,40H,1-3,8-14,17-18H2,(H2,36,39)/t25-,28?/m0/s1. The van der Waals surface area contributed by atoms with Crippen LogP contribution in [-0.4, -0.2) is 65.8 Å². The topological polar surface area (TPSA) is 79.0 Å². The van der Waals surface area contributed by atoms with Gasteiger partial charge in [-0.3, -0.25) is 9.69 Å². The van der Waals surface area contributed by atoms with Crippen molar-refractivity contribution in [3.63, 3.8) is 0 Å². The molecule has 41 heavy (non-hydrogen) atoms. The molecular weight excluding hydrogens is 545 g/mol. The van der Waals surface area contributed by atoms with Crippen molar-refractivity contribution in [2.24, 2.45) is 17.1 Å². The van der Waals surface area contributed by atoms with E-state index in [2.05, 4.69) is 0 Å². The van der Waals surface area contributed by atoms with Crippen molar-refractivity contribution in [2.45, 2.75) is 63.4 Å². The summed E-state index contributed by atoms with van der Waals surface area (Å²) in [7, 11) is 0. The average molecular weight is 582 g/mol. The highest BCUT2D eigenvalue weighted by atomic mass is 19.4. The van der Waals surface area contributed by atoms with Crippen molar-refractivity contribution >= 4 is 5.91 Å². The maximum atomic E-state index is 15.0. The fraction of sp³-hybridized carbons (Fsp3) is 0.567. The molecule has 0 bridgehead atoms. The first-order valence-electron chi connectivity index (χ1n) is 14.2. The van der Waals surface area contributed by atoms with Crippen molar-refractivity contribution in [3.8, 4) is 16.9 Å². The maximum Gasteiger partial charge on any atom is 0.395 e. The Bertz CT molecular complexity index is 1240. The van der Waals surface area contributed by atoms with E-state index in [-0.39, 0.29) is 48.8 Å². The van der Waals surface area contributed by atoms with Gasteiger partial charge in [-0.2, -0.15) is 13.2 Å². The van der Waals surface area contributed by atoms with E-state index >= 15 is 4.39 Å². The molecule has 5 rings (SSSR count). The summed E-state index contributed by atoms with van der Waals surface area (Å²) in [5.41, 5.74) is 4.57. The molecule has 2 heterocycles. The maximum absolute atomic E-state index is 15.0. The Labute approximate surface area is 236 Å². The summed E-state index contributed by atoms with van der Waals surface area (Å²) in [5.74, 6) is -1.70. The largest absolute Gasteiger partial charge is 0.490 e. The molecule has 0 spiro atoms. The molecular formula is C30H36F5N3O3. The van der Waals surface area contributed by atoms with Crippen LogP contribution in [0, 0.1) is 23.0 Å². The summed E-state index contributed by atoms with van der Waals surface area (Å²) in [5, 5.41) is 10.7. The minimum atomic E-state index is -4.18. The Morgan fingerprint density at radius 2 is 1.76 bits per heavy atom. The molecule has 2 aliphatic heterocycles. The van der Waals surface area contributed by atoms with E-state index in [0.717, 1.165) is 0 Å². The van der Waals surface area contributed by atoms with Crippen LogP contribution in [0.2, 0.25) is 0 Å². The molecule has 1 aliphatic carbocycles. The molecule has 0 radical (unpaired) electrons. The number of rotatable bonds is 9. The van der Waals surface area contributed by atoms with Crippen molar-refractivity contribution in [1.82, 2.24) is 9.80 Å². The molecule has 3 N–H and O–H groups in total. The van der Waals surface area contributed by atoms with Crippen molar-refractivity contribution in [1.29, 1.82) is 0 Å². The molecule has 3 fully saturated rings. The van der Waals surface area contributed by atoms with Gasteiger partial charge in [0.2, 0.25) is 5.91 Å². The highest BCUT2D eigenvalue weighted by Gasteiger charge is 2.58. The number of halogens is 5. The number of piperidine rings is 1. The molecule has 11 heteroatoms. The van der Waals surface area contributed by atoms with Crippen LogP contribution >= 0.6 is 0 Å². The minimum absolute atomic E-state index is 0.0284. The normalized spacial score (nSPS) is 22.8. The number of hydrogen-bond acceptors (Lipinski definition) is 5.